The molecule has 2 atom stereocenters. The number of aromatic nitrogens is 1. The lowest BCUT2D eigenvalue weighted by molar-refractivity contribution is -0.128. The first-order valence-electron chi connectivity index (χ1n) is 6.27. The van der Waals surface area contributed by atoms with Gasteiger partial charge in [-0.1, -0.05) is 12.2 Å². The first-order valence-corrected chi connectivity index (χ1v) is 6.27. The maximum absolute atomic E-state index is 12.5. The average molecular weight is 254 g/mol. The zero-order valence-corrected chi connectivity index (χ0v) is 10.8. The van der Waals surface area contributed by atoms with Gasteiger partial charge in [0.2, 0.25) is 5.88 Å². The van der Waals surface area contributed by atoms with Crippen molar-refractivity contribution in [3.63, 3.8) is 0 Å². The number of carbonyl (C=O) groups is 1. The second-order valence-electron chi connectivity index (χ2n) is 5.26. The maximum atomic E-state index is 12.5. The Kier molecular flexibility index (Phi) is 2.46. The predicted octanol–water partition coefficient (Wildman–Crippen LogP) is 1.94. The number of hydrogen-bond donors (Lipinski definition) is 0. The quantitative estimate of drug-likeness (QED) is 0.718. The number of fused-ring (bicyclic) bond motifs is 4. The molecule has 0 saturated heterocycles. The second-order valence-corrected chi connectivity index (χ2v) is 5.26. The number of Topliss-reactive ketones (excluding diaryl/α,β-unsaturated/α-hetero) is 1. The monoisotopic (exact) mass is 254 g/mol. The standard InChI is InChI=1S/C15H14N2O2/c1-9-5-10-6-12-11(3-4-13(17-12)19-2)15(7-9,8-16)14(10)18/h3-4,10H,1,5-7H2,2H3. The van der Waals surface area contributed by atoms with Crippen molar-refractivity contribution in [1.29, 1.82) is 5.26 Å². The number of methoxy groups -OCH3 is 1. The number of rotatable bonds is 1. The van der Waals surface area contributed by atoms with Gasteiger partial charge in [0.05, 0.1) is 18.9 Å². The molecular formula is C15H14N2O2. The summed E-state index contributed by atoms with van der Waals surface area (Å²) in [4.78, 5) is 16.9. The SMILES string of the molecule is C=C1CC2Cc3nc(OC)ccc3C(C#N)(C1)C2=O. The fraction of sp³-hybridized carbons (Fsp3) is 0.400. The topological polar surface area (TPSA) is 63.0 Å². The number of pyridine rings is 1. The summed E-state index contributed by atoms with van der Waals surface area (Å²) < 4.78 is 5.12. The molecule has 2 aliphatic rings. The third kappa shape index (κ3) is 1.51. The van der Waals surface area contributed by atoms with E-state index in [2.05, 4.69) is 17.6 Å². The molecule has 1 heterocycles. The molecule has 0 spiro atoms. The zero-order chi connectivity index (χ0) is 13.6. The van der Waals surface area contributed by atoms with E-state index >= 15 is 0 Å². The molecule has 0 aromatic carbocycles. The van der Waals surface area contributed by atoms with Gasteiger partial charge in [0.1, 0.15) is 5.41 Å². The summed E-state index contributed by atoms with van der Waals surface area (Å²) in [6.45, 7) is 3.98. The number of allylic oxidation sites excluding steroid dienone is 1. The van der Waals surface area contributed by atoms with Crippen molar-refractivity contribution in [2.24, 2.45) is 5.92 Å². The Bertz CT molecular complexity index is 630. The highest BCUT2D eigenvalue weighted by Crippen LogP contribution is 2.47. The summed E-state index contributed by atoms with van der Waals surface area (Å²) >= 11 is 0. The van der Waals surface area contributed by atoms with Crippen LogP contribution in [0, 0.1) is 17.2 Å². The number of hydrogen-bond acceptors (Lipinski definition) is 4. The number of nitriles is 1. The minimum Gasteiger partial charge on any atom is -0.481 e. The number of nitrogens with zero attached hydrogens (tertiary/aromatic N) is 2. The van der Waals surface area contributed by atoms with Crippen LogP contribution in [0.1, 0.15) is 24.1 Å². The zero-order valence-electron chi connectivity index (χ0n) is 10.8. The van der Waals surface area contributed by atoms with Crippen molar-refractivity contribution < 1.29 is 9.53 Å². The molecule has 96 valence electrons. The van der Waals surface area contributed by atoms with Crippen molar-refractivity contribution in [2.75, 3.05) is 7.11 Å². The smallest absolute Gasteiger partial charge is 0.213 e. The molecule has 0 aliphatic heterocycles. The summed E-state index contributed by atoms with van der Waals surface area (Å²) in [6, 6.07) is 5.75. The van der Waals surface area contributed by atoms with Crippen LogP contribution < -0.4 is 4.74 Å². The van der Waals surface area contributed by atoms with Crippen molar-refractivity contribution in [3.8, 4) is 11.9 Å². The van der Waals surface area contributed by atoms with Crippen LogP contribution in [0.5, 0.6) is 5.88 Å². The van der Waals surface area contributed by atoms with Crippen LogP contribution in [0.3, 0.4) is 0 Å². The number of ketones is 1. The van der Waals surface area contributed by atoms with Crippen LogP contribution in [0.15, 0.2) is 24.3 Å². The molecule has 4 nitrogen and oxygen atoms in total. The van der Waals surface area contributed by atoms with Gasteiger partial charge < -0.3 is 4.74 Å². The predicted molar refractivity (Wildman–Crippen MR) is 68.7 cm³/mol. The van der Waals surface area contributed by atoms with Gasteiger partial charge in [-0.15, -0.1) is 0 Å². The third-order valence-corrected chi connectivity index (χ3v) is 4.09. The van der Waals surface area contributed by atoms with E-state index in [0.29, 0.717) is 25.1 Å². The lowest BCUT2D eigenvalue weighted by Crippen LogP contribution is -2.48. The Morgan fingerprint density at radius 3 is 3.00 bits per heavy atom. The van der Waals surface area contributed by atoms with Crippen molar-refractivity contribution in [2.45, 2.75) is 24.7 Å². The van der Waals surface area contributed by atoms with E-state index in [1.165, 1.54) is 0 Å². The van der Waals surface area contributed by atoms with Gasteiger partial charge in [-0.05, 0) is 18.9 Å². The van der Waals surface area contributed by atoms with Crippen LogP contribution in [0.4, 0.5) is 0 Å². The van der Waals surface area contributed by atoms with Gasteiger partial charge in [-0.3, -0.25) is 4.79 Å². The molecule has 1 aromatic heterocycles. The van der Waals surface area contributed by atoms with Crippen molar-refractivity contribution in [3.05, 3.63) is 35.5 Å². The summed E-state index contributed by atoms with van der Waals surface area (Å²) in [5.74, 6) is 0.396. The largest absolute Gasteiger partial charge is 0.481 e. The van der Waals surface area contributed by atoms with E-state index in [1.807, 2.05) is 0 Å². The van der Waals surface area contributed by atoms with Gasteiger partial charge in [-0.25, -0.2) is 4.98 Å². The average Bonchev–Trinajstić information content (AvgIpc) is 2.41. The molecule has 1 saturated carbocycles. The van der Waals surface area contributed by atoms with Crippen LogP contribution in [0.25, 0.3) is 0 Å². The number of carbonyl (C=O) groups excluding carboxylic acids is 1. The first kappa shape index (κ1) is 11.9. The normalized spacial score (nSPS) is 28.5. The van der Waals surface area contributed by atoms with Gasteiger partial charge in [0.25, 0.3) is 0 Å². The van der Waals surface area contributed by atoms with Crippen molar-refractivity contribution >= 4 is 5.78 Å². The van der Waals surface area contributed by atoms with Crippen LogP contribution in [0.2, 0.25) is 0 Å². The van der Waals surface area contributed by atoms with E-state index in [1.54, 1.807) is 19.2 Å². The summed E-state index contributed by atoms with van der Waals surface area (Å²) in [5.41, 5.74) is 1.45. The molecule has 19 heavy (non-hydrogen) atoms. The van der Waals surface area contributed by atoms with E-state index < -0.39 is 5.41 Å². The minimum absolute atomic E-state index is 0.0295. The Labute approximate surface area is 111 Å². The number of ether oxygens (including phenoxy) is 1. The first-order chi connectivity index (χ1) is 9.10. The lowest BCUT2D eigenvalue weighted by Gasteiger charge is -2.40. The molecule has 2 aliphatic carbocycles. The van der Waals surface area contributed by atoms with Gasteiger partial charge in [0, 0.05) is 24.0 Å². The fourth-order valence-corrected chi connectivity index (χ4v) is 3.24. The maximum Gasteiger partial charge on any atom is 0.213 e. The highest BCUT2D eigenvalue weighted by atomic mass is 16.5. The molecule has 0 amide bonds. The second kappa shape index (κ2) is 3.92. The third-order valence-electron chi connectivity index (χ3n) is 4.09. The summed E-state index contributed by atoms with van der Waals surface area (Å²) in [7, 11) is 1.56. The van der Waals surface area contributed by atoms with Crippen LogP contribution in [-0.4, -0.2) is 17.9 Å². The molecule has 1 aromatic rings. The van der Waals surface area contributed by atoms with E-state index in [9.17, 15) is 10.1 Å². The molecule has 3 rings (SSSR count). The molecule has 0 radical (unpaired) electrons. The molecule has 1 fully saturated rings. The lowest BCUT2D eigenvalue weighted by atomic mass is 9.59. The van der Waals surface area contributed by atoms with Crippen LogP contribution in [-0.2, 0) is 16.6 Å². The molecule has 4 heteroatoms. The molecule has 0 N–H and O–H groups in total. The van der Waals surface area contributed by atoms with E-state index in [0.717, 1.165) is 16.8 Å². The molecule has 2 bridgehead atoms. The van der Waals surface area contributed by atoms with Gasteiger partial charge in [-0.2, -0.15) is 5.26 Å². The van der Waals surface area contributed by atoms with Crippen molar-refractivity contribution in [1.82, 2.24) is 4.98 Å². The van der Waals surface area contributed by atoms with Crippen LogP contribution >= 0.6 is 0 Å². The Balaban J connectivity index is 2.23. The molecular weight excluding hydrogens is 240 g/mol. The summed E-state index contributed by atoms with van der Waals surface area (Å²) in [6.07, 6.45) is 1.66. The molecule has 2 unspecified atom stereocenters. The Morgan fingerprint density at radius 2 is 2.32 bits per heavy atom. The Hall–Kier alpha value is -2.15. The Morgan fingerprint density at radius 1 is 1.53 bits per heavy atom. The fourth-order valence-electron chi connectivity index (χ4n) is 3.24. The highest BCUT2D eigenvalue weighted by Gasteiger charge is 2.52. The van der Waals surface area contributed by atoms with E-state index in [-0.39, 0.29) is 11.7 Å². The van der Waals surface area contributed by atoms with E-state index in [4.69, 9.17) is 4.74 Å². The van der Waals surface area contributed by atoms with Gasteiger partial charge >= 0.3 is 0 Å². The highest BCUT2D eigenvalue weighted by molar-refractivity contribution is 5.98. The summed E-state index contributed by atoms with van der Waals surface area (Å²) in [5, 5.41) is 9.58. The van der Waals surface area contributed by atoms with Gasteiger partial charge in [0.15, 0.2) is 5.78 Å². The minimum atomic E-state index is -1.08.